The molecule has 0 atom stereocenters. The molecule has 1 amide bonds. The van der Waals surface area contributed by atoms with Crippen molar-refractivity contribution >= 4 is 17.4 Å². The molecule has 1 fully saturated rings. The van der Waals surface area contributed by atoms with E-state index in [0.717, 1.165) is 37.7 Å². The Labute approximate surface area is 149 Å². The smallest absolute Gasteiger partial charge is 0.272 e. The molecule has 6 heteroatoms. The molecule has 0 bridgehead atoms. The van der Waals surface area contributed by atoms with Gasteiger partial charge in [-0.05, 0) is 38.1 Å². The molecule has 0 radical (unpaired) electrons. The summed E-state index contributed by atoms with van der Waals surface area (Å²) in [6, 6.07) is 9.77. The van der Waals surface area contributed by atoms with Crippen molar-refractivity contribution < 1.29 is 4.79 Å². The van der Waals surface area contributed by atoms with Gasteiger partial charge in [-0.2, -0.15) is 0 Å². The van der Waals surface area contributed by atoms with Gasteiger partial charge >= 0.3 is 0 Å². The van der Waals surface area contributed by atoms with E-state index >= 15 is 0 Å². The van der Waals surface area contributed by atoms with Crippen LogP contribution in [0.2, 0.25) is 0 Å². The van der Waals surface area contributed by atoms with Gasteiger partial charge < -0.3 is 14.7 Å². The summed E-state index contributed by atoms with van der Waals surface area (Å²) in [6.45, 7) is 9.01. The molecule has 6 nitrogen and oxygen atoms in total. The molecule has 25 heavy (non-hydrogen) atoms. The minimum Gasteiger partial charge on any atom is -0.372 e. The fraction of sp³-hybridized carbons (Fsp3) is 0.421. The van der Waals surface area contributed by atoms with E-state index < -0.39 is 0 Å². The predicted molar refractivity (Wildman–Crippen MR) is 100 cm³/mol. The number of hydrogen-bond donors (Lipinski definition) is 0. The van der Waals surface area contributed by atoms with Gasteiger partial charge in [-0.1, -0.05) is 6.07 Å². The molecular weight excluding hydrogens is 314 g/mol. The topological polar surface area (TPSA) is 52.6 Å². The molecular formula is C19H25N5O. The normalized spacial score (nSPS) is 14.5. The Balaban J connectivity index is 1.66. The zero-order chi connectivity index (χ0) is 17.6. The first kappa shape index (κ1) is 17.2. The number of aromatic nitrogens is 2. The van der Waals surface area contributed by atoms with E-state index in [9.17, 15) is 4.79 Å². The van der Waals surface area contributed by atoms with Crippen LogP contribution in [-0.4, -0.2) is 60.0 Å². The third-order valence-corrected chi connectivity index (χ3v) is 4.63. The van der Waals surface area contributed by atoms with Crippen LogP contribution >= 0.6 is 0 Å². The summed E-state index contributed by atoms with van der Waals surface area (Å²) in [4.78, 5) is 27.8. The number of nitrogens with zero attached hydrogens (tertiary/aromatic N) is 5. The third kappa shape index (κ3) is 3.90. The van der Waals surface area contributed by atoms with E-state index in [4.69, 9.17) is 0 Å². The molecule has 1 saturated heterocycles. The van der Waals surface area contributed by atoms with Crippen LogP contribution in [0.4, 0.5) is 11.5 Å². The summed E-state index contributed by atoms with van der Waals surface area (Å²) in [5.74, 6) is 0.978. The van der Waals surface area contributed by atoms with Gasteiger partial charge in [-0.3, -0.25) is 9.78 Å². The van der Waals surface area contributed by atoms with Crippen molar-refractivity contribution in [2.24, 2.45) is 0 Å². The van der Waals surface area contributed by atoms with Gasteiger partial charge in [0.25, 0.3) is 5.91 Å². The van der Waals surface area contributed by atoms with E-state index in [0.29, 0.717) is 18.8 Å². The Kier molecular flexibility index (Phi) is 5.48. The molecule has 3 rings (SSSR count). The van der Waals surface area contributed by atoms with Crippen molar-refractivity contribution in [3.8, 4) is 0 Å². The van der Waals surface area contributed by atoms with Crippen molar-refractivity contribution in [3.63, 3.8) is 0 Å². The minimum absolute atomic E-state index is 0.00896. The number of anilines is 2. The molecule has 0 N–H and O–H groups in total. The highest BCUT2D eigenvalue weighted by atomic mass is 16.2. The van der Waals surface area contributed by atoms with Crippen molar-refractivity contribution in [3.05, 3.63) is 48.4 Å². The summed E-state index contributed by atoms with van der Waals surface area (Å²) < 4.78 is 0. The van der Waals surface area contributed by atoms with Crippen LogP contribution in [0.5, 0.6) is 0 Å². The Hall–Kier alpha value is -2.63. The summed E-state index contributed by atoms with van der Waals surface area (Å²) >= 11 is 0. The Morgan fingerprint density at radius 1 is 1.04 bits per heavy atom. The molecule has 0 saturated carbocycles. The fourth-order valence-corrected chi connectivity index (χ4v) is 3.16. The van der Waals surface area contributed by atoms with Crippen LogP contribution in [-0.2, 0) is 0 Å². The monoisotopic (exact) mass is 339 g/mol. The van der Waals surface area contributed by atoms with Gasteiger partial charge in [0.05, 0.1) is 0 Å². The number of carbonyl (C=O) groups excluding carboxylic acids is 1. The van der Waals surface area contributed by atoms with Gasteiger partial charge in [0, 0.05) is 57.3 Å². The second-order valence-electron chi connectivity index (χ2n) is 6.04. The third-order valence-electron chi connectivity index (χ3n) is 4.63. The lowest BCUT2D eigenvalue weighted by molar-refractivity contribution is 0.0740. The largest absolute Gasteiger partial charge is 0.372 e. The van der Waals surface area contributed by atoms with Gasteiger partial charge in [-0.25, -0.2) is 4.98 Å². The van der Waals surface area contributed by atoms with Crippen molar-refractivity contribution in [2.45, 2.75) is 13.8 Å². The lowest BCUT2D eigenvalue weighted by atomic mass is 10.2. The molecule has 132 valence electrons. The van der Waals surface area contributed by atoms with Crippen LogP contribution in [0.1, 0.15) is 24.3 Å². The lowest BCUT2D eigenvalue weighted by Crippen LogP contribution is -2.49. The van der Waals surface area contributed by atoms with Crippen LogP contribution in [0.3, 0.4) is 0 Å². The van der Waals surface area contributed by atoms with E-state index in [-0.39, 0.29) is 5.91 Å². The number of carbonyl (C=O) groups is 1. The first-order valence-electron chi connectivity index (χ1n) is 8.89. The number of piperazine rings is 1. The molecule has 2 aromatic rings. The zero-order valence-electron chi connectivity index (χ0n) is 14.9. The molecule has 0 aromatic carbocycles. The molecule has 0 unspecified atom stereocenters. The van der Waals surface area contributed by atoms with Crippen LogP contribution in [0, 0.1) is 0 Å². The summed E-state index contributed by atoms with van der Waals surface area (Å²) in [6.07, 6.45) is 3.53. The zero-order valence-corrected chi connectivity index (χ0v) is 14.9. The number of amides is 1. The van der Waals surface area contributed by atoms with Crippen LogP contribution in [0.15, 0.2) is 42.7 Å². The maximum atomic E-state index is 12.8. The molecule has 1 aliphatic heterocycles. The average molecular weight is 339 g/mol. The molecule has 3 heterocycles. The summed E-state index contributed by atoms with van der Waals surface area (Å²) in [5.41, 5.74) is 1.58. The Bertz CT molecular complexity index is 694. The van der Waals surface area contributed by atoms with Crippen LogP contribution < -0.4 is 9.80 Å². The fourth-order valence-electron chi connectivity index (χ4n) is 3.16. The lowest BCUT2D eigenvalue weighted by Gasteiger charge is -2.35. The van der Waals surface area contributed by atoms with Gasteiger partial charge in [-0.15, -0.1) is 0 Å². The summed E-state index contributed by atoms with van der Waals surface area (Å²) in [7, 11) is 0. The average Bonchev–Trinajstić information content (AvgIpc) is 2.69. The SMILES string of the molecule is CCN(CC)c1ccnc(C(=O)N2CCN(c3ccccn3)CC2)c1. The second-order valence-corrected chi connectivity index (χ2v) is 6.04. The number of rotatable bonds is 5. The van der Waals surface area contributed by atoms with Crippen molar-refractivity contribution in [1.82, 2.24) is 14.9 Å². The summed E-state index contributed by atoms with van der Waals surface area (Å²) in [5, 5.41) is 0. The first-order valence-corrected chi connectivity index (χ1v) is 8.89. The quantitative estimate of drug-likeness (QED) is 0.836. The first-order chi connectivity index (χ1) is 12.2. The molecule has 0 spiro atoms. The minimum atomic E-state index is 0.00896. The van der Waals surface area contributed by atoms with Crippen LogP contribution in [0.25, 0.3) is 0 Å². The van der Waals surface area contributed by atoms with Gasteiger partial charge in [0.2, 0.25) is 0 Å². The van der Waals surface area contributed by atoms with Gasteiger partial charge in [0.15, 0.2) is 0 Å². The highest BCUT2D eigenvalue weighted by Gasteiger charge is 2.23. The van der Waals surface area contributed by atoms with E-state index in [1.165, 1.54) is 0 Å². The van der Waals surface area contributed by atoms with E-state index in [1.807, 2.05) is 35.2 Å². The van der Waals surface area contributed by atoms with E-state index in [2.05, 4.69) is 33.6 Å². The molecule has 1 aliphatic rings. The predicted octanol–water partition coefficient (Wildman–Crippen LogP) is 2.29. The molecule has 2 aromatic heterocycles. The second kappa shape index (κ2) is 7.96. The standard InChI is InChI=1S/C19H25N5O/c1-3-22(4-2)16-8-10-20-17(15-16)19(25)24-13-11-23(12-14-24)18-7-5-6-9-21-18/h5-10,15H,3-4,11-14H2,1-2H3. The number of hydrogen-bond acceptors (Lipinski definition) is 5. The highest BCUT2D eigenvalue weighted by molar-refractivity contribution is 5.93. The highest BCUT2D eigenvalue weighted by Crippen LogP contribution is 2.17. The molecule has 0 aliphatic carbocycles. The number of pyridine rings is 2. The van der Waals surface area contributed by atoms with Gasteiger partial charge in [0.1, 0.15) is 11.5 Å². The Morgan fingerprint density at radius 3 is 2.44 bits per heavy atom. The maximum Gasteiger partial charge on any atom is 0.272 e. The van der Waals surface area contributed by atoms with E-state index in [1.54, 1.807) is 12.4 Å². The Morgan fingerprint density at radius 2 is 1.80 bits per heavy atom. The van der Waals surface area contributed by atoms with Crippen molar-refractivity contribution in [1.29, 1.82) is 0 Å². The van der Waals surface area contributed by atoms with Crippen molar-refractivity contribution in [2.75, 3.05) is 49.1 Å². The maximum absolute atomic E-state index is 12.8.